The van der Waals surface area contributed by atoms with Crippen molar-refractivity contribution in [3.8, 4) is 0 Å². The SMILES string of the molecule is Cc1ccc(NC(=S)Nc2cccc(SC(C(=O)Nc3ccccc3Br)c3ccccc3)c2)cc1. The second-order valence-corrected chi connectivity index (χ2v) is 10.3. The summed E-state index contributed by atoms with van der Waals surface area (Å²) in [6.07, 6.45) is 0. The summed E-state index contributed by atoms with van der Waals surface area (Å²) in [7, 11) is 0. The topological polar surface area (TPSA) is 53.2 Å². The largest absolute Gasteiger partial charge is 0.332 e. The van der Waals surface area contributed by atoms with E-state index in [0.717, 1.165) is 32.0 Å². The zero-order chi connectivity index (χ0) is 24.6. The van der Waals surface area contributed by atoms with Crippen LogP contribution >= 0.6 is 39.9 Å². The third-order valence-corrected chi connectivity index (χ3v) is 7.27. The average molecular weight is 563 g/mol. The maximum atomic E-state index is 13.4. The number of amides is 1. The Labute approximate surface area is 223 Å². The van der Waals surface area contributed by atoms with Crippen LogP contribution in [0.15, 0.2) is 112 Å². The standard InChI is InChI=1S/C28H24BrN3OS2/c1-19-14-16-21(17-15-19)30-28(34)31-22-10-7-11-23(18-22)35-26(20-8-3-2-4-9-20)27(33)32-25-13-6-5-12-24(25)29/h2-18,26H,1H3,(H,32,33)(H2,30,31,34). The van der Waals surface area contributed by atoms with E-state index in [9.17, 15) is 4.79 Å². The van der Waals surface area contributed by atoms with Crippen LogP contribution in [0.2, 0.25) is 0 Å². The molecular formula is C28H24BrN3OS2. The van der Waals surface area contributed by atoms with Crippen LogP contribution < -0.4 is 16.0 Å². The van der Waals surface area contributed by atoms with Gasteiger partial charge in [-0.1, -0.05) is 66.2 Å². The Hall–Kier alpha value is -3.13. The lowest BCUT2D eigenvalue weighted by molar-refractivity contribution is -0.115. The van der Waals surface area contributed by atoms with E-state index in [1.807, 2.05) is 110 Å². The highest BCUT2D eigenvalue weighted by Crippen LogP contribution is 2.37. The van der Waals surface area contributed by atoms with Gasteiger partial charge in [0, 0.05) is 20.7 Å². The first-order valence-corrected chi connectivity index (χ1v) is 13.1. The van der Waals surface area contributed by atoms with Crippen molar-refractivity contribution in [2.75, 3.05) is 16.0 Å². The van der Waals surface area contributed by atoms with Gasteiger partial charge >= 0.3 is 0 Å². The van der Waals surface area contributed by atoms with Crippen molar-refractivity contribution >= 4 is 68.0 Å². The van der Waals surface area contributed by atoms with Gasteiger partial charge in [-0.25, -0.2) is 0 Å². The molecule has 4 rings (SSSR count). The van der Waals surface area contributed by atoms with E-state index in [2.05, 4.69) is 31.9 Å². The third kappa shape index (κ3) is 7.18. The quantitative estimate of drug-likeness (QED) is 0.157. The predicted octanol–water partition coefficient (Wildman–Crippen LogP) is 8.04. The van der Waals surface area contributed by atoms with Crippen molar-refractivity contribution in [3.63, 3.8) is 0 Å². The van der Waals surface area contributed by atoms with E-state index in [4.69, 9.17) is 12.2 Å². The Morgan fingerprint density at radius 3 is 2.23 bits per heavy atom. The molecule has 35 heavy (non-hydrogen) atoms. The van der Waals surface area contributed by atoms with Gasteiger partial charge < -0.3 is 16.0 Å². The molecule has 0 aliphatic heterocycles. The molecular weight excluding hydrogens is 538 g/mol. The molecule has 0 saturated carbocycles. The molecule has 0 fully saturated rings. The van der Waals surface area contributed by atoms with E-state index in [1.54, 1.807) is 0 Å². The molecule has 4 aromatic carbocycles. The molecule has 0 spiro atoms. The van der Waals surface area contributed by atoms with Crippen LogP contribution in [0, 0.1) is 6.92 Å². The third-order valence-electron chi connectivity index (χ3n) is 5.13. The maximum Gasteiger partial charge on any atom is 0.242 e. The summed E-state index contributed by atoms with van der Waals surface area (Å²) in [6, 6.07) is 33.3. The average Bonchev–Trinajstić information content (AvgIpc) is 2.86. The van der Waals surface area contributed by atoms with Gasteiger partial charge in [0.15, 0.2) is 5.11 Å². The fourth-order valence-corrected chi connectivity index (χ4v) is 5.08. The van der Waals surface area contributed by atoms with E-state index >= 15 is 0 Å². The normalized spacial score (nSPS) is 11.4. The fraction of sp³-hybridized carbons (Fsp3) is 0.0714. The lowest BCUT2D eigenvalue weighted by Crippen LogP contribution is -2.20. The van der Waals surface area contributed by atoms with Gasteiger partial charge in [0.25, 0.3) is 0 Å². The molecule has 7 heteroatoms. The number of benzene rings is 4. The number of carbonyl (C=O) groups excluding carboxylic acids is 1. The molecule has 1 amide bonds. The Bertz CT molecular complexity index is 1310. The summed E-state index contributed by atoms with van der Waals surface area (Å²) in [5, 5.41) is 9.56. The highest BCUT2D eigenvalue weighted by atomic mass is 79.9. The van der Waals surface area contributed by atoms with E-state index < -0.39 is 5.25 Å². The summed E-state index contributed by atoms with van der Waals surface area (Å²) < 4.78 is 0.839. The zero-order valence-corrected chi connectivity index (χ0v) is 22.2. The summed E-state index contributed by atoms with van der Waals surface area (Å²) in [4.78, 5) is 14.3. The van der Waals surface area contributed by atoms with E-state index in [1.165, 1.54) is 17.3 Å². The first-order valence-electron chi connectivity index (χ1n) is 11.0. The number of rotatable bonds is 7. The molecule has 4 aromatic rings. The van der Waals surface area contributed by atoms with Crippen molar-refractivity contribution in [3.05, 3.63) is 119 Å². The highest BCUT2D eigenvalue weighted by Gasteiger charge is 2.23. The van der Waals surface area contributed by atoms with Crippen molar-refractivity contribution in [2.24, 2.45) is 0 Å². The van der Waals surface area contributed by atoms with Crippen LogP contribution in [0.1, 0.15) is 16.4 Å². The van der Waals surface area contributed by atoms with Crippen molar-refractivity contribution in [1.82, 2.24) is 0 Å². The second kappa shape index (κ2) is 12.0. The van der Waals surface area contributed by atoms with Gasteiger partial charge in [-0.3, -0.25) is 4.79 Å². The highest BCUT2D eigenvalue weighted by molar-refractivity contribution is 9.10. The van der Waals surface area contributed by atoms with Crippen molar-refractivity contribution in [1.29, 1.82) is 0 Å². The lowest BCUT2D eigenvalue weighted by Gasteiger charge is -2.18. The van der Waals surface area contributed by atoms with Gasteiger partial charge in [0.05, 0.1) is 5.69 Å². The summed E-state index contributed by atoms with van der Waals surface area (Å²) >= 11 is 10.5. The Kier molecular flexibility index (Phi) is 8.58. The molecule has 176 valence electrons. The first kappa shape index (κ1) is 25.0. The minimum absolute atomic E-state index is 0.0944. The molecule has 0 heterocycles. The predicted molar refractivity (Wildman–Crippen MR) is 155 cm³/mol. The van der Waals surface area contributed by atoms with E-state index in [0.29, 0.717) is 5.11 Å². The molecule has 4 nitrogen and oxygen atoms in total. The van der Waals surface area contributed by atoms with Gasteiger partial charge in [-0.05, 0) is 83.1 Å². The minimum atomic E-state index is -0.434. The number of para-hydroxylation sites is 1. The zero-order valence-electron chi connectivity index (χ0n) is 19.0. The number of anilines is 3. The Morgan fingerprint density at radius 2 is 1.49 bits per heavy atom. The number of thioether (sulfide) groups is 1. The van der Waals surface area contributed by atoms with Crippen LogP contribution in [0.25, 0.3) is 0 Å². The lowest BCUT2D eigenvalue weighted by atomic mass is 10.1. The van der Waals surface area contributed by atoms with Crippen LogP contribution in [-0.2, 0) is 4.79 Å². The molecule has 0 aliphatic carbocycles. The van der Waals surface area contributed by atoms with Gasteiger partial charge in [0.2, 0.25) is 5.91 Å². The first-order chi connectivity index (χ1) is 17.0. The molecule has 1 unspecified atom stereocenters. The Balaban J connectivity index is 1.49. The van der Waals surface area contributed by atoms with Crippen LogP contribution in [0.4, 0.5) is 17.1 Å². The van der Waals surface area contributed by atoms with Crippen LogP contribution in [0.5, 0.6) is 0 Å². The van der Waals surface area contributed by atoms with Gasteiger partial charge in [-0.15, -0.1) is 11.8 Å². The van der Waals surface area contributed by atoms with Crippen molar-refractivity contribution < 1.29 is 4.79 Å². The molecule has 0 aromatic heterocycles. The number of thiocarbonyl (C=S) groups is 1. The smallest absolute Gasteiger partial charge is 0.242 e. The molecule has 0 saturated heterocycles. The molecule has 1 atom stereocenters. The number of hydrogen-bond acceptors (Lipinski definition) is 3. The Morgan fingerprint density at radius 1 is 0.800 bits per heavy atom. The number of aryl methyl sites for hydroxylation is 1. The molecule has 0 bridgehead atoms. The van der Waals surface area contributed by atoms with Gasteiger partial charge in [0.1, 0.15) is 5.25 Å². The molecule has 0 aliphatic rings. The molecule has 0 radical (unpaired) electrons. The summed E-state index contributed by atoms with van der Waals surface area (Å²) in [5.74, 6) is -0.0944. The summed E-state index contributed by atoms with van der Waals surface area (Å²) in [6.45, 7) is 2.05. The van der Waals surface area contributed by atoms with E-state index in [-0.39, 0.29) is 5.91 Å². The number of carbonyl (C=O) groups is 1. The molecule has 3 N–H and O–H groups in total. The van der Waals surface area contributed by atoms with Crippen LogP contribution in [0.3, 0.4) is 0 Å². The fourth-order valence-electron chi connectivity index (χ4n) is 3.38. The van der Waals surface area contributed by atoms with Crippen molar-refractivity contribution in [2.45, 2.75) is 17.1 Å². The number of nitrogens with one attached hydrogen (secondary N) is 3. The van der Waals surface area contributed by atoms with Crippen LogP contribution in [-0.4, -0.2) is 11.0 Å². The van der Waals surface area contributed by atoms with Gasteiger partial charge in [-0.2, -0.15) is 0 Å². The number of hydrogen-bond donors (Lipinski definition) is 3. The second-order valence-electron chi connectivity index (χ2n) is 7.85. The maximum absolute atomic E-state index is 13.4. The monoisotopic (exact) mass is 561 g/mol. The number of halogens is 1. The minimum Gasteiger partial charge on any atom is -0.332 e. The summed E-state index contributed by atoms with van der Waals surface area (Å²) in [5.41, 5.74) is 4.62.